The number of methoxy groups -OCH3 is 1. The molecule has 0 bridgehead atoms. The number of hydrogen-bond donors (Lipinski definition) is 0. The van der Waals surface area contributed by atoms with Crippen LogP contribution in [0.4, 0.5) is 0 Å². The van der Waals surface area contributed by atoms with Crippen LogP contribution in [0.1, 0.15) is 45.4 Å². The SMILES string of the molecule is CCCCOc1ncc2nc(OC)n(CCCCCN3CCC3)c2n1. The summed E-state index contributed by atoms with van der Waals surface area (Å²) in [6.07, 6.45) is 8.70. The normalized spacial score (nSPS) is 14.6. The third kappa shape index (κ3) is 4.60. The highest BCUT2D eigenvalue weighted by Gasteiger charge is 2.15. The van der Waals surface area contributed by atoms with Gasteiger partial charge in [-0.25, -0.2) is 4.98 Å². The van der Waals surface area contributed by atoms with Crippen molar-refractivity contribution in [1.29, 1.82) is 0 Å². The van der Waals surface area contributed by atoms with Gasteiger partial charge in [-0.05, 0) is 45.3 Å². The van der Waals surface area contributed by atoms with Crippen LogP contribution in [0.3, 0.4) is 0 Å². The van der Waals surface area contributed by atoms with Crippen molar-refractivity contribution in [2.45, 2.75) is 52.0 Å². The summed E-state index contributed by atoms with van der Waals surface area (Å²) < 4.78 is 13.1. The Morgan fingerprint density at radius 1 is 1.08 bits per heavy atom. The Bertz CT molecular complexity index is 669. The number of fused-ring (bicyclic) bond motifs is 1. The predicted molar refractivity (Wildman–Crippen MR) is 97.2 cm³/mol. The first-order valence-electron chi connectivity index (χ1n) is 9.44. The smallest absolute Gasteiger partial charge is 0.318 e. The Morgan fingerprint density at radius 2 is 1.92 bits per heavy atom. The topological polar surface area (TPSA) is 65.3 Å². The maximum Gasteiger partial charge on any atom is 0.318 e. The molecule has 138 valence electrons. The molecule has 0 unspecified atom stereocenters. The van der Waals surface area contributed by atoms with Crippen molar-refractivity contribution in [2.24, 2.45) is 0 Å². The molecular formula is C18H29N5O2. The van der Waals surface area contributed by atoms with Crippen LogP contribution in [0.5, 0.6) is 12.0 Å². The van der Waals surface area contributed by atoms with Gasteiger partial charge in [0.05, 0.1) is 19.9 Å². The summed E-state index contributed by atoms with van der Waals surface area (Å²) in [7, 11) is 1.65. The Hall–Kier alpha value is -1.89. The number of aryl methyl sites for hydroxylation is 1. The van der Waals surface area contributed by atoms with Gasteiger partial charge < -0.3 is 14.4 Å². The Labute approximate surface area is 149 Å². The highest BCUT2D eigenvalue weighted by Crippen LogP contribution is 2.22. The zero-order valence-electron chi connectivity index (χ0n) is 15.4. The minimum atomic E-state index is 0.419. The van der Waals surface area contributed by atoms with Crippen LogP contribution in [-0.4, -0.2) is 57.8 Å². The zero-order valence-corrected chi connectivity index (χ0v) is 15.4. The van der Waals surface area contributed by atoms with Crippen molar-refractivity contribution in [2.75, 3.05) is 33.4 Å². The number of unbranched alkanes of at least 4 members (excludes halogenated alkanes) is 3. The van der Waals surface area contributed by atoms with Gasteiger partial charge in [0.1, 0.15) is 5.52 Å². The fourth-order valence-electron chi connectivity index (χ4n) is 3.00. The van der Waals surface area contributed by atoms with E-state index in [9.17, 15) is 0 Å². The Kier molecular flexibility index (Phi) is 6.44. The van der Waals surface area contributed by atoms with E-state index in [2.05, 4.69) is 26.8 Å². The summed E-state index contributed by atoms with van der Waals surface area (Å²) in [6.45, 7) is 7.40. The fraction of sp³-hybridized carbons (Fsp3) is 0.722. The summed E-state index contributed by atoms with van der Waals surface area (Å²) in [5.41, 5.74) is 1.54. The average molecular weight is 347 g/mol. The molecule has 1 saturated heterocycles. The number of nitrogens with zero attached hydrogens (tertiary/aromatic N) is 5. The van der Waals surface area contributed by atoms with Crippen molar-refractivity contribution < 1.29 is 9.47 Å². The van der Waals surface area contributed by atoms with Gasteiger partial charge in [-0.3, -0.25) is 4.57 Å². The molecular weight excluding hydrogens is 318 g/mol. The zero-order chi connectivity index (χ0) is 17.5. The van der Waals surface area contributed by atoms with E-state index in [1.165, 1.54) is 38.9 Å². The molecule has 7 heteroatoms. The van der Waals surface area contributed by atoms with E-state index in [1.807, 2.05) is 4.57 Å². The lowest BCUT2D eigenvalue weighted by molar-refractivity contribution is 0.177. The van der Waals surface area contributed by atoms with Crippen LogP contribution in [0.2, 0.25) is 0 Å². The van der Waals surface area contributed by atoms with Gasteiger partial charge >= 0.3 is 6.01 Å². The molecule has 2 aromatic heterocycles. The monoisotopic (exact) mass is 347 g/mol. The molecule has 0 spiro atoms. The number of hydrogen-bond acceptors (Lipinski definition) is 6. The molecule has 0 aromatic carbocycles. The predicted octanol–water partition coefficient (Wildman–Crippen LogP) is 2.89. The van der Waals surface area contributed by atoms with Crippen molar-refractivity contribution in [1.82, 2.24) is 24.4 Å². The molecule has 0 aliphatic carbocycles. The van der Waals surface area contributed by atoms with Gasteiger partial charge in [0.15, 0.2) is 5.65 Å². The van der Waals surface area contributed by atoms with Gasteiger partial charge in [0.2, 0.25) is 0 Å². The summed E-state index contributed by atoms with van der Waals surface area (Å²) in [5.74, 6) is 0. The van der Waals surface area contributed by atoms with Crippen LogP contribution in [0.15, 0.2) is 6.20 Å². The van der Waals surface area contributed by atoms with Gasteiger partial charge in [0.25, 0.3) is 6.01 Å². The molecule has 3 rings (SSSR count). The van der Waals surface area contributed by atoms with Crippen molar-refractivity contribution >= 4 is 11.2 Å². The molecule has 0 radical (unpaired) electrons. The van der Waals surface area contributed by atoms with Gasteiger partial charge in [-0.2, -0.15) is 9.97 Å². The van der Waals surface area contributed by atoms with Crippen LogP contribution in [0, 0.1) is 0 Å². The molecule has 3 heterocycles. The van der Waals surface area contributed by atoms with Crippen LogP contribution < -0.4 is 9.47 Å². The lowest BCUT2D eigenvalue weighted by Crippen LogP contribution is -2.37. The van der Waals surface area contributed by atoms with Gasteiger partial charge in [-0.15, -0.1) is 0 Å². The first-order valence-corrected chi connectivity index (χ1v) is 9.44. The lowest BCUT2D eigenvalue weighted by atomic mass is 10.1. The molecule has 0 N–H and O–H groups in total. The number of aromatic nitrogens is 4. The second kappa shape index (κ2) is 8.99. The van der Waals surface area contributed by atoms with E-state index in [1.54, 1.807) is 13.3 Å². The molecule has 0 amide bonds. The van der Waals surface area contributed by atoms with Gasteiger partial charge in [0, 0.05) is 6.54 Å². The first kappa shape index (κ1) is 17.9. The van der Waals surface area contributed by atoms with Gasteiger partial charge in [-0.1, -0.05) is 19.8 Å². The molecule has 2 aromatic rings. The maximum absolute atomic E-state index is 5.63. The molecule has 0 saturated carbocycles. The summed E-state index contributed by atoms with van der Waals surface area (Å²) in [6, 6.07) is 1.01. The highest BCUT2D eigenvalue weighted by molar-refractivity contribution is 5.71. The van der Waals surface area contributed by atoms with Crippen LogP contribution >= 0.6 is 0 Å². The van der Waals surface area contributed by atoms with E-state index in [0.29, 0.717) is 18.6 Å². The number of ether oxygens (including phenoxy) is 2. The minimum absolute atomic E-state index is 0.419. The highest BCUT2D eigenvalue weighted by atomic mass is 16.5. The Balaban J connectivity index is 1.60. The van der Waals surface area contributed by atoms with Crippen molar-refractivity contribution in [3.63, 3.8) is 0 Å². The average Bonchev–Trinajstić information content (AvgIpc) is 2.94. The van der Waals surface area contributed by atoms with Crippen molar-refractivity contribution in [3.8, 4) is 12.0 Å². The van der Waals surface area contributed by atoms with Crippen molar-refractivity contribution in [3.05, 3.63) is 6.20 Å². The summed E-state index contributed by atoms with van der Waals surface area (Å²) in [5, 5.41) is 0. The van der Waals surface area contributed by atoms with Crippen LogP contribution in [0.25, 0.3) is 11.2 Å². The van der Waals surface area contributed by atoms with E-state index in [4.69, 9.17) is 9.47 Å². The quantitative estimate of drug-likeness (QED) is 0.582. The standard InChI is InChI=1S/C18H29N5O2/c1-3-4-13-25-17-19-14-15-16(21-17)23(18(20-15)24-2)12-7-5-6-9-22-10-8-11-22/h14H,3-13H2,1-2H3. The molecule has 1 aliphatic heterocycles. The third-order valence-corrected chi connectivity index (χ3v) is 4.65. The minimum Gasteiger partial charge on any atom is -0.468 e. The number of likely N-dealkylation sites (tertiary alicyclic amines) is 1. The summed E-state index contributed by atoms with van der Waals surface area (Å²) in [4.78, 5) is 15.8. The third-order valence-electron chi connectivity index (χ3n) is 4.65. The van der Waals surface area contributed by atoms with E-state index < -0.39 is 0 Å². The molecule has 7 nitrogen and oxygen atoms in total. The first-order chi connectivity index (χ1) is 12.3. The largest absolute Gasteiger partial charge is 0.468 e. The fourth-order valence-corrected chi connectivity index (χ4v) is 3.00. The second-order valence-electron chi connectivity index (χ2n) is 6.57. The number of rotatable bonds is 11. The summed E-state index contributed by atoms with van der Waals surface area (Å²) >= 11 is 0. The lowest BCUT2D eigenvalue weighted by Gasteiger charge is -2.30. The van der Waals surface area contributed by atoms with Crippen LogP contribution in [-0.2, 0) is 6.54 Å². The Morgan fingerprint density at radius 3 is 2.64 bits per heavy atom. The molecule has 0 atom stereocenters. The molecule has 1 fully saturated rings. The maximum atomic E-state index is 5.63. The molecule has 25 heavy (non-hydrogen) atoms. The van der Waals surface area contributed by atoms with E-state index in [-0.39, 0.29) is 0 Å². The number of imidazole rings is 1. The molecule has 1 aliphatic rings. The van der Waals surface area contributed by atoms with E-state index in [0.717, 1.165) is 37.0 Å². The second-order valence-corrected chi connectivity index (χ2v) is 6.57. The van der Waals surface area contributed by atoms with E-state index >= 15 is 0 Å².